The monoisotopic (exact) mass is 334 g/mol. The van der Waals surface area contributed by atoms with Gasteiger partial charge >= 0.3 is 0 Å². The second kappa shape index (κ2) is 11.4. The average molecular weight is 335 g/mol. The van der Waals surface area contributed by atoms with Gasteiger partial charge in [0.1, 0.15) is 0 Å². The first-order chi connectivity index (χ1) is 12.3. The van der Waals surface area contributed by atoms with Crippen LogP contribution in [0.15, 0.2) is 86.0 Å². The molecule has 0 N–H and O–H groups in total. The summed E-state index contributed by atoms with van der Waals surface area (Å²) in [5.74, 6) is 0.948. The molecule has 0 fully saturated rings. The molecule has 25 heavy (non-hydrogen) atoms. The van der Waals surface area contributed by atoms with Crippen LogP contribution >= 0.6 is 0 Å². The van der Waals surface area contributed by atoms with Gasteiger partial charge in [-0.2, -0.15) is 0 Å². The molecule has 2 atom stereocenters. The van der Waals surface area contributed by atoms with E-state index in [1.165, 1.54) is 11.1 Å². The van der Waals surface area contributed by atoms with Gasteiger partial charge in [0.05, 0.1) is 0 Å². The smallest absolute Gasteiger partial charge is 0.0471 e. The largest absolute Gasteiger partial charge is 0.381 e. The predicted octanol–water partition coefficient (Wildman–Crippen LogP) is 5.87. The first-order valence-electron chi connectivity index (χ1n) is 9.22. The van der Waals surface area contributed by atoms with Crippen molar-refractivity contribution < 1.29 is 4.74 Å². The van der Waals surface area contributed by atoms with Crippen molar-refractivity contribution in [3.8, 4) is 0 Å². The molecule has 0 bridgehead atoms. The van der Waals surface area contributed by atoms with Gasteiger partial charge in [0, 0.05) is 13.2 Å². The van der Waals surface area contributed by atoms with Gasteiger partial charge in [0.2, 0.25) is 0 Å². The molecule has 0 aliphatic rings. The Morgan fingerprint density at radius 2 is 1.08 bits per heavy atom. The third-order valence-corrected chi connectivity index (χ3v) is 4.61. The average Bonchev–Trinajstić information content (AvgIpc) is 2.67. The number of hydrogen-bond acceptors (Lipinski definition) is 1. The third kappa shape index (κ3) is 7.53. The van der Waals surface area contributed by atoms with E-state index >= 15 is 0 Å². The molecular formula is C24H30O. The maximum absolute atomic E-state index is 5.88. The van der Waals surface area contributed by atoms with Crippen LogP contribution in [0.3, 0.4) is 0 Å². The zero-order chi connectivity index (χ0) is 17.7. The van der Waals surface area contributed by atoms with Gasteiger partial charge in [0.25, 0.3) is 0 Å². The van der Waals surface area contributed by atoms with Crippen LogP contribution in [0.1, 0.15) is 24.0 Å². The summed E-state index contributed by atoms with van der Waals surface area (Å²) in [5, 5.41) is 0. The van der Waals surface area contributed by atoms with Crippen molar-refractivity contribution in [3.05, 3.63) is 97.1 Å². The fraction of sp³-hybridized carbons (Fsp3) is 0.333. The molecule has 132 valence electrons. The van der Waals surface area contributed by atoms with E-state index in [4.69, 9.17) is 4.74 Å². The Morgan fingerprint density at radius 3 is 1.44 bits per heavy atom. The van der Waals surface area contributed by atoms with Gasteiger partial charge in [-0.1, -0.05) is 72.8 Å². The lowest BCUT2D eigenvalue weighted by Crippen LogP contribution is -2.09. The number of allylic oxidation sites excluding steroid dienone is 2. The molecule has 0 amide bonds. The van der Waals surface area contributed by atoms with Crippen LogP contribution in [0, 0.1) is 11.8 Å². The first kappa shape index (κ1) is 19.2. The number of rotatable bonds is 12. The molecule has 0 saturated heterocycles. The quantitative estimate of drug-likeness (QED) is 0.348. The van der Waals surface area contributed by atoms with Crippen molar-refractivity contribution in [2.24, 2.45) is 11.8 Å². The van der Waals surface area contributed by atoms with Gasteiger partial charge in [0.15, 0.2) is 0 Å². The van der Waals surface area contributed by atoms with Crippen molar-refractivity contribution in [3.63, 3.8) is 0 Å². The van der Waals surface area contributed by atoms with E-state index in [-0.39, 0.29) is 0 Å². The highest BCUT2D eigenvalue weighted by molar-refractivity contribution is 5.16. The summed E-state index contributed by atoms with van der Waals surface area (Å²) in [6.07, 6.45) is 8.23. The van der Waals surface area contributed by atoms with E-state index in [0.717, 1.165) is 38.9 Å². The second-order valence-corrected chi connectivity index (χ2v) is 6.56. The Labute approximate surface area is 153 Å². The maximum atomic E-state index is 5.88. The molecule has 2 unspecified atom stereocenters. The van der Waals surface area contributed by atoms with E-state index in [2.05, 4.69) is 86.0 Å². The molecule has 2 rings (SSSR count). The molecule has 0 aliphatic heterocycles. The normalized spacial score (nSPS) is 13.1. The van der Waals surface area contributed by atoms with Crippen LogP contribution in [0.2, 0.25) is 0 Å². The minimum absolute atomic E-state index is 0.474. The van der Waals surface area contributed by atoms with Gasteiger partial charge in [-0.05, 0) is 48.6 Å². The summed E-state index contributed by atoms with van der Waals surface area (Å²) in [5.41, 5.74) is 2.73. The minimum Gasteiger partial charge on any atom is -0.381 e. The van der Waals surface area contributed by atoms with Crippen LogP contribution in [0.4, 0.5) is 0 Å². The number of benzene rings is 2. The molecule has 0 spiro atoms. The summed E-state index contributed by atoms with van der Waals surface area (Å²) in [7, 11) is 0. The van der Waals surface area contributed by atoms with E-state index in [9.17, 15) is 0 Å². The van der Waals surface area contributed by atoms with E-state index in [0.29, 0.717) is 11.8 Å². The van der Waals surface area contributed by atoms with E-state index in [1.807, 2.05) is 0 Å². The highest BCUT2D eigenvalue weighted by atomic mass is 16.5. The van der Waals surface area contributed by atoms with Crippen LogP contribution in [-0.2, 0) is 17.6 Å². The Balaban J connectivity index is 1.64. The lowest BCUT2D eigenvalue weighted by molar-refractivity contribution is 0.115. The summed E-state index contributed by atoms with van der Waals surface area (Å²) < 4.78 is 5.88. The highest BCUT2D eigenvalue weighted by Crippen LogP contribution is 2.15. The maximum Gasteiger partial charge on any atom is 0.0471 e. The Morgan fingerprint density at radius 1 is 0.680 bits per heavy atom. The third-order valence-electron chi connectivity index (χ3n) is 4.61. The molecule has 2 aromatic rings. The summed E-state index contributed by atoms with van der Waals surface area (Å²) in [4.78, 5) is 0. The zero-order valence-corrected chi connectivity index (χ0v) is 15.1. The highest BCUT2D eigenvalue weighted by Gasteiger charge is 2.08. The number of hydrogen-bond donors (Lipinski definition) is 0. The standard InChI is InChI=1S/C24H30O/c1-3-21(19-23-11-7-5-8-12-23)15-17-25-18-16-22(4-2)20-24-13-9-6-10-14-24/h3-14,21-22H,1-2,15-20H2. The molecule has 0 radical (unpaired) electrons. The van der Waals surface area contributed by atoms with Crippen LogP contribution < -0.4 is 0 Å². The van der Waals surface area contributed by atoms with Crippen molar-refractivity contribution in [1.29, 1.82) is 0 Å². The molecule has 2 aromatic carbocycles. The predicted molar refractivity (Wildman–Crippen MR) is 108 cm³/mol. The van der Waals surface area contributed by atoms with Gasteiger partial charge in [-0.3, -0.25) is 0 Å². The molecule has 0 aromatic heterocycles. The van der Waals surface area contributed by atoms with Gasteiger partial charge < -0.3 is 4.74 Å². The van der Waals surface area contributed by atoms with E-state index < -0.39 is 0 Å². The fourth-order valence-corrected chi connectivity index (χ4v) is 3.01. The summed E-state index contributed by atoms with van der Waals surface area (Å²) in [6.45, 7) is 9.53. The van der Waals surface area contributed by atoms with E-state index in [1.54, 1.807) is 0 Å². The minimum atomic E-state index is 0.474. The Kier molecular flexibility index (Phi) is 8.79. The fourth-order valence-electron chi connectivity index (χ4n) is 3.01. The van der Waals surface area contributed by atoms with Crippen LogP contribution in [-0.4, -0.2) is 13.2 Å². The first-order valence-corrected chi connectivity index (χ1v) is 9.22. The molecule has 0 aliphatic carbocycles. The summed E-state index contributed by atoms with van der Waals surface area (Å²) >= 11 is 0. The Bertz CT molecular complexity index is 547. The number of ether oxygens (including phenoxy) is 1. The van der Waals surface area contributed by atoms with Gasteiger partial charge in [-0.15, -0.1) is 13.2 Å². The molecular weight excluding hydrogens is 304 g/mol. The SMILES string of the molecule is C=CC(CCOCCC(C=C)Cc1ccccc1)Cc1ccccc1. The topological polar surface area (TPSA) is 9.23 Å². The molecule has 1 nitrogen and oxygen atoms in total. The van der Waals surface area contributed by atoms with Crippen molar-refractivity contribution in [2.45, 2.75) is 25.7 Å². The van der Waals surface area contributed by atoms with Crippen LogP contribution in [0.5, 0.6) is 0 Å². The van der Waals surface area contributed by atoms with Crippen molar-refractivity contribution in [1.82, 2.24) is 0 Å². The molecule has 1 heteroatoms. The lowest BCUT2D eigenvalue weighted by Gasteiger charge is -2.15. The van der Waals surface area contributed by atoms with Crippen molar-refractivity contribution >= 4 is 0 Å². The van der Waals surface area contributed by atoms with Gasteiger partial charge in [-0.25, -0.2) is 0 Å². The second-order valence-electron chi connectivity index (χ2n) is 6.56. The molecule has 0 saturated carbocycles. The van der Waals surface area contributed by atoms with Crippen LogP contribution in [0.25, 0.3) is 0 Å². The Hall–Kier alpha value is -2.12. The molecule has 0 heterocycles. The zero-order valence-electron chi connectivity index (χ0n) is 15.1. The van der Waals surface area contributed by atoms with Crippen molar-refractivity contribution in [2.75, 3.05) is 13.2 Å². The lowest BCUT2D eigenvalue weighted by atomic mass is 9.96. The summed E-state index contributed by atoms with van der Waals surface area (Å²) in [6, 6.07) is 21.2.